The van der Waals surface area contributed by atoms with Gasteiger partial charge in [-0.2, -0.15) is 0 Å². The van der Waals surface area contributed by atoms with Gasteiger partial charge in [0.1, 0.15) is 5.75 Å². The lowest BCUT2D eigenvalue weighted by Gasteiger charge is -2.25. The van der Waals surface area contributed by atoms with Crippen LogP contribution in [0.5, 0.6) is 5.75 Å². The summed E-state index contributed by atoms with van der Waals surface area (Å²) in [5.41, 5.74) is 2.20. The zero-order valence-electron chi connectivity index (χ0n) is 12.0. The van der Waals surface area contributed by atoms with Gasteiger partial charge in [0.05, 0.1) is 13.2 Å². The molecule has 1 aliphatic heterocycles. The molecule has 0 saturated carbocycles. The zero-order valence-corrected chi connectivity index (χ0v) is 13.6. The van der Waals surface area contributed by atoms with Gasteiger partial charge >= 0.3 is 6.09 Å². The van der Waals surface area contributed by atoms with Crippen LogP contribution in [-0.2, 0) is 4.74 Å². The molecular formula is C17H16BrNO3. The fourth-order valence-electron chi connectivity index (χ4n) is 2.27. The molecule has 1 heterocycles. The molecule has 0 radical (unpaired) electrons. The quantitative estimate of drug-likeness (QED) is 0.812. The maximum atomic E-state index is 12.0. The topological polar surface area (TPSA) is 38.8 Å². The lowest BCUT2D eigenvalue weighted by Crippen LogP contribution is -2.42. The molecule has 0 N–H and O–H groups in total. The number of amides is 1. The van der Waals surface area contributed by atoms with E-state index < -0.39 is 0 Å². The third-order valence-electron chi connectivity index (χ3n) is 3.51. The Morgan fingerprint density at radius 2 is 1.50 bits per heavy atom. The summed E-state index contributed by atoms with van der Waals surface area (Å²) in [7, 11) is 0. The highest BCUT2D eigenvalue weighted by Crippen LogP contribution is 2.24. The monoisotopic (exact) mass is 361 g/mol. The Morgan fingerprint density at radius 1 is 0.955 bits per heavy atom. The highest BCUT2D eigenvalue weighted by Gasteiger charge is 2.18. The molecule has 2 aromatic carbocycles. The van der Waals surface area contributed by atoms with Crippen molar-refractivity contribution >= 4 is 22.0 Å². The highest BCUT2D eigenvalue weighted by molar-refractivity contribution is 9.10. The van der Waals surface area contributed by atoms with Gasteiger partial charge in [0.15, 0.2) is 0 Å². The van der Waals surface area contributed by atoms with Crippen molar-refractivity contribution in [3.8, 4) is 16.9 Å². The molecule has 1 saturated heterocycles. The Labute approximate surface area is 137 Å². The molecule has 0 aliphatic carbocycles. The standard InChI is InChI=1S/C17H16BrNO3/c18-15-5-1-13(2-6-15)14-3-7-16(8-4-14)22-17(20)19-9-11-21-12-10-19/h1-8H,9-12H2. The van der Waals surface area contributed by atoms with Crippen molar-refractivity contribution in [1.29, 1.82) is 0 Å². The van der Waals surface area contributed by atoms with E-state index in [0.29, 0.717) is 32.1 Å². The second kappa shape index (κ2) is 6.94. The molecule has 1 amide bonds. The maximum Gasteiger partial charge on any atom is 0.415 e. The van der Waals surface area contributed by atoms with E-state index in [0.717, 1.165) is 15.6 Å². The largest absolute Gasteiger partial charge is 0.415 e. The van der Waals surface area contributed by atoms with E-state index in [2.05, 4.69) is 15.9 Å². The molecule has 22 heavy (non-hydrogen) atoms. The smallest absolute Gasteiger partial charge is 0.410 e. The number of rotatable bonds is 2. The average molecular weight is 362 g/mol. The summed E-state index contributed by atoms with van der Waals surface area (Å²) in [6.07, 6.45) is -0.320. The van der Waals surface area contributed by atoms with Crippen LogP contribution < -0.4 is 4.74 Å². The van der Waals surface area contributed by atoms with Crippen LogP contribution in [0.15, 0.2) is 53.0 Å². The van der Waals surface area contributed by atoms with Gasteiger partial charge in [-0.1, -0.05) is 40.2 Å². The third-order valence-corrected chi connectivity index (χ3v) is 4.03. The minimum Gasteiger partial charge on any atom is -0.410 e. The summed E-state index contributed by atoms with van der Waals surface area (Å²) in [6.45, 7) is 2.29. The summed E-state index contributed by atoms with van der Waals surface area (Å²) in [5, 5.41) is 0. The van der Waals surface area contributed by atoms with Crippen molar-refractivity contribution < 1.29 is 14.3 Å². The van der Waals surface area contributed by atoms with Crippen LogP contribution >= 0.6 is 15.9 Å². The molecule has 0 unspecified atom stereocenters. The van der Waals surface area contributed by atoms with Gasteiger partial charge in [-0.05, 0) is 35.4 Å². The van der Waals surface area contributed by atoms with Crippen LogP contribution in [-0.4, -0.2) is 37.3 Å². The van der Waals surface area contributed by atoms with Crippen LogP contribution in [0.25, 0.3) is 11.1 Å². The van der Waals surface area contributed by atoms with Gasteiger partial charge in [0.2, 0.25) is 0 Å². The molecule has 0 atom stereocenters. The normalized spacial score (nSPS) is 14.7. The minimum absolute atomic E-state index is 0.320. The van der Waals surface area contributed by atoms with Gasteiger partial charge in [-0.3, -0.25) is 0 Å². The fourth-order valence-corrected chi connectivity index (χ4v) is 2.53. The van der Waals surface area contributed by atoms with Gasteiger partial charge in [-0.15, -0.1) is 0 Å². The molecule has 5 heteroatoms. The number of nitrogens with zero attached hydrogens (tertiary/aromatic N) is 1. The maximum absolute atomic E-state index is 12.0. The zero-order chi connectivity index (χ0) is 15.4. The van der Waals surface area contributed by atoms with Gasteiger partial charge < -0.3 is 14.4 Å². The highest BCUT2D eigenvalue weighted by atomic mass is 79.9. The predicted molar refractivity (Wildman–Crippen MR) is 88.0 cm³/mol. The first-order valence-electron chi connectivity index (χ1n) is 7.13. The van der Waals surface area contributed by atoms with Gasteiger partial charge in [0, 0.05) is 17.6 Å². The number of morpholine rings is 1. The second-order valence-electron chi connectivity index (χ2n) is 5.00. The number of hydrogen-bond acceptors (Lipinski definition) is 3. The summed E-state index contributed by atoms with van der Waals surface area (Å²) >= 11 is 3.42. The van der Waals surface area contributed by atoms with Crippen LogP contribution in [0.4, 0.5) is 4.79 Å². The van der Waals surface area contributed by atoms with Crippen LogP contribution in [0, 0.1) is 0 Å². The fraction of sp³-hybridized carbons (Fsp3) is 0.235. The second-order valence-corrected chi connectivity index (χ2v) is 5.91. The van der Waals surface area contributed by atoms with E-state index in [4.69, 9.17) is 9.47 Å². The molecule has 1 aliphatic rings. The van der Waals surface area contributed by atoms with E-state index in [1.165, 1.54) is 0 Å². The molecule has 3 rings (SSSR count). The SMILES string of the molecule is O=C(Oc1ccc(-c2ccc(Br)cc2)cc1)N1CCOCC1. The van der Waals surface area contributed by atoms with Crippen molar-refractivity contribution in [2.24, 2.45) is 0 Å². The minimum atomic E-state index is -0.320. The van der Waals surface area contributed by atoms with Crippen molar-refractivity contribution in [3.05, 3.63) is 53.0 Å². The Hall–Kier alpha value is -1.85. The molecule has 0 spiro atoms. The molecule has 0 aromatic heterocycles. The predicted octanol–water partition coefficient (Wildman–Crippen LogP) is 3.95. The Morgan fingerprint density at radius 3 is 2.09 bits per heavy atom. The first-order chi connectivity index (χ1) is 10.7. The van der Waals surface area contributed by atoms with E-state index in [1.807, 2.05) is 48.5 Å². The lowest BCUT2D eigenvalue weighted by atomic mass is 10.1. The van der Waals surface area contributed by atoms with E-state index in [-0.39, 0.29) is 6.09 Å². The van der Waals surface area contributed by atoms with Gasteiger partial charge in [-0.25, -0.2) is 4.79 Å². The number of hydrogen-bond donors (Lipinski definition) is 0. The lowest BCUT2D eigenvalue weighted by molar-refractivity contribution is 0.0416. The van der Waals surface area contributed by atoms with Crippen molar-refractivity contribution in [3.63, 3.8) is 0 Å². The Bertz CT molecular complexity index is 634. The summed E-state index contributed by atoms with van der Waals surface area (Å²) in [5.74, 6) is 0.553. The first kappa shape index (κ1) is 15.1. The van der Waals surface area contributed by atoms with Crippen LogP contribution in [0.1, 0.15) is 0 Å². The van der Waals surface area contributed by atoms with Crippen molar-refractivity contribution in [2.75, 3.05) is 26.3 Å². The molecule has 0 bridgehead atoms. The number of benzene rings is 2. The number of ether oxygens (including phenoxy) is 2. The summed E-state index contributed by atoms with van der Waals surface area (Å²) < 4.78 is 11.7. The molecule has 1 fully saturated rings. The third kappa shape index (κ3) is 3.67. The Balaban J connectivity index is 1.66. The molecular weight excluding hydrogens is 346 g/mol. The van der Waals surface area contributed by atoms with Crippen molar-refractivity contribution in [1.82, 2.24) is 4.90 Å². The first-order valence-corrected chi connectivity index (χ1v) is 7.92. The summed E-state index contributed by atoms with van der Waals surface area (Å²) in [4.78, 5) is 13.7. The van der Waals surface area contributed by atoms with E-state index >= 15 is 0 Å². The van der Waals surface area contributed by atoms with E-state index in [9.17, 15) is 4.79 Å². The number of carbonyl (C=O) groups excluding carboxylic acids is 1. The number of halogens is 1. The summed E-state index contributed by atoms with van der Waals surface area (Å²) in [6, 6.07) is 15.6. The Kier molecular flexibility index (Phi) is 4.75. The molecule has 114 valence electrons. The molecule has 4 nitrogen and oxygen atoms in total. The van der Waals surface area contributed by atoms with Crippen LogP contribution in [0.3, 0.4) is 0 Å². The van der Waals surface area contributed by atoms with Crippen LogP contribution in [0.2, 0.25) is 0 Å². The average Bonchev–Trinajstić information content (AvgIpc) is 2.57. The molecule has 2 aromatic rings. The number of carbonyl (C=O) groups is 1. The van der Waals surface area contributed by atoms with Crippen molar-refractivity contribution in [2.45, 2.75) is 0 Å². The van der Waals surface area contributed by atoms with E-state index in [1.54, 1.807) is 4.90 Å². The van der Waals surface area contributed by atoms with Gasteiger partial charge in [0.25, 0.3) is 0 Å².